The van der Waals surface area contributed by atoms with E-state index in [9.17, 15) is 0 Å². The second-order valence-electron chi connectivity index (χ2n) is 5.70. The SMILES string of the molecule is CCCN(CCCCN)[C@@H]1CCc2ccccc2C1. The Labute approximate surface area is 118 Å². The number of fused-ring (bicyclic) bond motifs is 1. The molecule has 0 aromatic heterocycles. The van der Waals surface area contributed by atoms with E-state index < -0.39 is 0 Å². The Kier molecular flexibility index (Phi) is 5.87. The minimum absolute atomic E-state index is 0.743. The first kappa shape index (κ1) is 14.5. The van der Waals surface area contributed by atoms with Gasteiger partial charge in [0, 0.05) is 6.04 Å². The van der Waals surface area contributed by atoms with E-state index in [0.29, 0.717) is 0 Å². The second kappa shape index (κ2) is 7.66. The van der Waals surface area contributed by atoms with Gasteiger partial charge in [-0.3, -0.25) is 0 Å². The maximum atomic E-state index is 5.61. The number of rotatable bonds is 7. The van der Waals surface area contributed by atoms with Gasteiger partial charge in [-0.15, -0.1) is 0 Å². The van der Waals surface area contributed by atoms with Crippen LogP contribution in [0.25, 0.3) is 0 Å². The Bertz CT molecular complexity index is 375. The quantitative estimate of drug-likeness (QED) is 0.764. The van der Waals surface area contributed by atoms with E-state index in [4.69, 9.17) is 5.73 Å². The molecule has 1 aromatic carbocycles. The van der Waals surface area contributed by atoms with E-state index in [2.05, 4.69) is 36.1 Å². The summed E-state index contributed by atoms with van der Waals surface area (Å²) in [5.41, 5.74) is 8.75. The summed E-state index contributed by atoms with van der Waals surface area (Å²) in [6.45, 7) is 5.56. The van der Waals surface area contributed by atoms with Gasteiger partial charge in [0.25, 0.3) is 0 Å². The lowest BCUT2D eigenvalue weighted by atomic mass is 9.87. The van der Waals surface area contributed by atoms with Crippen molar-refractivity contribution in [2.24, 2.45) is 5.73 Å². The van der Waals surface area contributed by atoms with Crippen LogP contribution < -0.4 is 5.73 Å². The van der Waals surface area contributed by atoms with Crippen LogP contribution in [-0.2, 0) is 12.8 Å². The second-order valence-corrected chi connectivity index (χ2v) is 5.70. The predicted molar refractivity (Wildman–Crippen MR) is 82.4 cm³/mol. The lowest BCUT2D eigenvalue weighted by molar-refractivity contribution is 0.177. The van der Waals surface area contributed by atoms with Crippen molar-refractivity contribution in [3.63, 3.8) is 0 Å². The highest BCUT2D eigenvalue weighted by Crippen LogP contribution is 2.24. The minimum Gasteiger partial charge on any atom is -0.330 e. The third-order valence-electron chi connectivity index (χ3n) is 4.25. The number of hydrogen-bond acceptors (Lipinski definition) is 2. The zero-order valence-electron chi connectivity index (χ0n) is 12.3. The molecule has 2 N–H and O–H groups in total. The summed E-state index contributed by atoms with van der Waals surface area (Å²) in [4.78, 5) is 2.70. The Morgan fingerprint density at radius 2 is 1.95 bits per heavy atom. The molecule has 0 saturated carbocycles. The van der Waals surface area contributed by atoms with Crippen molar-refractivity contribution in [3.8, 4) is 0 Å². The fourth-order valence-corrected chi connectivity index (χ4v) is 3.21. The largest absolute Gasteiger partial charge is 0.330 e. The van der Waals surface area contributed by atoms with Gasteiger partial charge in [-0.2, -0.15) is 0 Å². The van der Waals surface area contributed by atoms with Gasteiger partial charge in [-0.1, -0.05) is 31.2 Å². The molecule has 1 aliphatic rings. The van der Waals surface area contributed by atoms with Crippen molar-refractivity contribution in [1.29, 1.82) is 0 Å². The fourth-order valence-electron chi connectivity index (χ4n) is 3.21. The van der Waals surface area contributed by atoms with Crippen molar-refractivity contribution in [1.82, 2.24) is 4.90 Å². The van der Waals surface area contributed by atoms with Crippen LogP contribution in [0.15, 0.2) is 24.3 Å². The zero-order chi connectivity index (χ0) is 13.5. The van der Waals surface area contributed by atoms with Gasteiger partial charge in [-0.05, 0) is 69.3 Å². The molecule has 0 fully saturated rings. The molecule has 2 nitrogen and oxygen atoms in total. The van der Waals surface area contributed by atoms with Gasteiger partial charge in [-0.25, -0.2) is 0 Å². The van der Waals surface area contributed by atoms with Crippen LogP contribution in [-0.4, -0.2) is 30.6 Å². The van der Waals surface area contributed by atoms with Gasteiger partial charge in [0.2, 0.25) is 0 Å². The highest BCUT2D eigenvalue weighted by atomic mass is 15.1. The molecule has 0 radical (unpaired) electrons. The first-order valence-electron chi connectivity index (χ1n) is 7.86. The van der Waals surface area contributed by atoms with Gasteiger partial charge < -0.3 is 10.6 Å². The monoisotopic (exact) mass is 260 g/mol. The Morgan fingerprint density at radius 1 is 1.16 bits per heavy atom. The summed E-state index contributed by atoms with van der Waals surface area (Å²) in [6, 6.07) is 9.70. The average Bonchev–Trinajstić information content (AvgIpc) is 2.46. The lowest BCUT2D eigenvalue weighted by Crippen LogP contribution is -2.40. The van der Waals surface area contributed by atoms with Crippen LogP contribution in [0.3, 0.4) is 0 Å². The Hall–Kier alpha value is -0.860. The number of nitrogens with two attached hydrogens (primary N) is 1. The van der Waals surface area contributed by atoms with E-state index >= 15 is 0 Å². The minimum atomic E-state index is 0.743. The van der Waals surface area contributed by atoms with Crippen molar-refractivity contribution >= 4 is 0 Å². The highest BCUT2D eigenvalue weighted by molar-refractivity contribution is 5.30. The molecule has 1 aliphatic carbocycles. The Morgan fingerprint density at radius 3 is 2.68 bits per heavy atom. The van der Waals surface area contributed by atoms with Crippen LogP contribution in [0.2, 0.25) is 0 Å². The van der Waals surface area contributed by atoms with Crippen LogP contribution in [0, 0.1) is 0 Å². The summed E-state index contributed by atoms with van der Waals surface area (Å²) < 4.78 is 0. The molecule has 0 spiro atoms. The van der Waals surface area contributed by atoms with E-state index in [1.165, 1.54) is 45.2 Å². The summed E-state index contributed by atoms with van der Waals surface area (Å²) in [7, 11) is 0. The Balaban J connectivity index is 1.95. The van der Waals surface area contributed by atoms with Crippen LogP contribution >= 0.6 is 0 Å². The highest BCUT2D eigenvalue weighted by Gasteiger charge is 2.23. The molecule has 0 aliphatic heterocycles. The molecule has 0 amide bonds. The number of unbranched alkanes of at least 4 members (excludes halogenated alkanes) is 1. The topological polar surface area (TPSA) is 29.3 Å². The molecule has 1 atom stereocenters. The molecular formula is C17H28N2. The van der Waals surface area contributed by atoms with Gasteiger partial charge in [0.15, 0.2) is 0 Å². The van der Waals surface area contributed by atoms with Gasteiger partial charge in [0.1, 0.15) is 0 Å². The standard InChI is InChI=1S/C17H28N2/c1-2-12-19(13-6-5-11-18)17-10-9-15-7-3-4-8-16(15)14-17/h3-4,7-8,17H,2,5-6,9-14,18H2,1H3/t17-/m1/s1. The summed E-state index contributed by atoms with van der Waals surface area (Å²) in [5, 5.41) is 0. The molecule has 19 heavy (non-hydrogen) atoms. The summed E-state index contributed by atoms with van der Waals surface area (Å²) in [5.74, 6) is 0. The average molecular weight is 260 g/mol. The van der Waals surface area contributed by atoms with Crippen LogP contribution in [0.4, 0.5) is 0 Å². The molecular weight excluding hydrogens is 232 g/mol. The summed E-state index contributed by atoms with van der Waals surface area (Å²) in [6.07, 6.45) is 7.45. The van der Waals surface area contributed by atoms with E-state index in [0.717, 1.165) is 19.0 Å². The molecule has 1 aromatic rings. The predicted octanol–water partition coefficient (Wildman–Crippen LogP) is 2.99. The van der Waals surface area contributed by atoms with Gasteiger partial charge >= 0.3 is 0 Å². The summed E-state index contributed by atoms with van der Waals surface area (Å²) >= 11 is 0. The third kappa shape index (κ3) is 4.05. The number of aryl methyl sites for hydroxylation is 1. The van der Waals surface area contributed by atoms with E-state index in [1.54, 1.807) is 11.1 Å². The maximum Gasteiger partial charge on any atom is 0.0139 e. The van der Waals surface area contributed by atoms with Crippen LogP contribution in [0.1, 0.15) is 43.7 Å². The molecule has 2 rings (SSSR count). The first-order chi connectivity index (χ1) is 9.35. The van der Waals surface area contributed by atoms with Crippen molar-refractivity contribution in [2.75, 3.05) is 19.6 Å². The van der Waals surface area contributed by atoms with E-state index in [-0.39, 0.29) is 0 Å². The van der Waals surface area contributed by atoms with Gasteiger partial charge in [0.05, 0.1) is 0 Å². The number of hydrogen-bond donors (Lipinski definition) is 1. The molecule has 0 saturated heterocycles. The van der Waals surface area contributed by atoms with Crippen LogP contribution in [0.5, 0.6) is 0 Å². The third-order valence-corrected chi connectivity index (χ3v) is 4.25. The first-order valence-corrected chi connectivity index (χ1v) is 7.86. The zero-order valence-corrected chi connectivity index (χ0v) is 12.3. The smallest absolute Gasteiger partial charge is 0.0139 e. The molecule has 0 bridgehead atoms. The molecule has 0 heterocycles. The molecule has 0 unspecified atom stereocenters. The lowest BCUT2D eigenvalue weighted by Gasteiger charge is -2.35. The number of nitrogens with zero attached hydrogens (tertiary/aromatic N) is 1. The van der Waals surface area contributed by atoms with Crippen molar-refractivity contribution in [2.45, 2.75) is 51.5 Å². The van der Waals surface area contributed by atoms with E-state index in [1.807, 2.05) is 0 Å². The van der Waals surface area contributed by atoms with Crippen molar-refractivity contribution < 1.29 is 0 Å². The number of benzene rings is 1. The maximum absolute atomic E-state index is 5.61. The fraction of sp³-hybridized carbons (Fsp3) is 0.647. The molecule has 2 heteroatoms. The molecule has 106 valence electrons. The normalized spacial score (nSPS) is 18.6. The van der Waals surface area contributed by atoms with Crippen molar-refractivity contribution in [3.05, 3.63) is 35.4 Å².